The van der Waals surface area contributed by atoms with E-state index in [-0.39, 0.29) is 6.10 Å². The zero-order valence-electron chi connectivity index (χ0n) is 10.3. The fraction of sp³-hybridized carbons (Fsp3) is 0.571. The van der Waals surface area contributed by atoms with Crippen molar-refractivity contribution in [3.8, 4) is 5.75 Å². The number of hydrogen-bond acceptors (Lipinski definition) is 3. The summed E-state index contributed by atoms with van der Waals surface area (Å²) < 4.78 is 0. The number of phenolic OH excluding ortho intramolecular Hbond substituents is 1. The molecule has 3 nitrogen and oxygen atoms in total. The summed E-state index contributed by atoms with van der Waals surface area (Å²) in [5.74, 6) is 0.715. The van der Waals surface area contributed by atoms with Crippen LogP contribution >= 0.6 is 0 Å². The molecule has 1 aliphatic heterocycles. The van der Waals surface area contributed by atoms with Crippen LogP contribution < -0.4 is 0 Å². The lowest BCUT2D eigenvalue weighted by Crippen LogP contribution is -2.42. The molecular weight excluding hydrogens is 214 g/mol. The zero-order chi connectivity index (χ0) is 12.3. The number of rotatable bonds is 3. The second kappa shape index (κ2) is 5.52. The third-order valence-corrected chi connectivity index (χ3v) is 3.62. The first kappa shape index (κ1) is 12.4. The number of aliphatic hydroxyl groups excluding tert-OH is 1. The van der Waals surface area contributed by atoms with Crippen molar-refractivity contribution in [1.29, 1.82) is 0 Å². The van der Waals surface area contributed by atoms with Crippen LogP contribution in [0.25, 0.3) is 0 Å². The first-order chi connectivity index (χ1) is 8.19. The highest BCUT2D eigenvalue weighted by Crippen LogP contribution is 2.22. The number of aliphatic hydroxyl groups is 1. The number of nitrogens with zero attached hydrogens (tertiary/aromatic N) is 1. The molecule has 2 N–H and O–H groups in total. The number of piperidine rings is 1. The molecule has 2 rings (SSSR count). The third-order valence-electron chi connectivity index (χ3n) is 3.62. The van der Waals surface area contributed by atoms with Crippen molar-refractivity contribution >= 4 is 0 Å². The van der Waals surface area contributed by atoms with Gasteiger partial charge in [-0.25, -0.2) is 0 Å². The van der Waals surface area contributed by atoms with Crippen molar-refractivity contribution in [3.05, 3.63) is 29.8 Å². The summed E-state index contributed by atoms with van der Waals surface area (Å²) in [6, 6.07) is 7.41. The van der Waals surface area contributed by atoms with Crippen LogP contribution in [0.1, 0.15) is 25.3 Å². The molecule has 0 saturated carbocycles. The van der Waals surface area contributed by atoms with E-state index in [2.05, 4.69) is 11.8 Å². The average Bonchev–Trinajstić information content (AvgIpc) is 2.32. The van der Waals surface area contributed by atoms with Gasteiger partial charge in [0.2, 0.25) is 0 Å². The molecule has 0 radical (unpaired) electrons. The lowest BCUT2D eigenvalue weighted by atomic mass is 9.92. The standard InChI is InChI=1S/C14H21NO2/c1-2-12-10-15(7-6-14(12)17)9-11-4-3-5-13(16)8-11/h3-5,8,12,14,16-17H,2,6-7,9-10H2,1H3. The molecule has 1 aromatic carbocycles. The number of benzene rings is 1. The van der Waals surface area contributed by atoms with Crippen molar-refractivity contribution in [2.75, 3.05) is 13.1 Å². The second-order valence-corrected chi connectivity index (χ2v) is 4.93. The fourth-order valence-electron chi connectivity index (χ4n) is 2.55. The van der Waals surface area contributed by atoms with Crippen LogP contribution in [0.5, 0.6) is 5.75 Å². The van der Waals surface area contributed by atoms with Crippen LogP contribution in [0.2, 0.25) is 0 Å². The zero-order valence-corrected chi connectivity index (χ0v) is 10.3. The Morgan fingerprint density at radius 1 is 1.41 bits per heavy atom. The number of hydrogen-bond donors (Lipinski definition) is 2. The summed E-state index contributed by atoms with van der Waals surface area (Å²) in [6.45, 7) is 4.88. The second-order valence-electron chi connectivity index (χ2n) is 4.93. The van der Waals surface area contributed by atoms with Gasteiger partial charge in [-0.3, -0.25) is 4.90 Å². The molecule has 0 spiro atoms. The van der Waals surface area contributed by atoms with Gasteiger partial charge in [0.25, 0.3) is 0 Å². The van der Waals surface area contributed by atoms with Crippen LogP contribution in [0.15, 0.2) is 24.3 Å². The molecule has 2 atom stereocenters. The SMILES string of the molecule is CCC1CN(Cc2cccc(O)c2)CCC1O. The minimum absolute atomic E-state index is 0.138. The smallest absolute Gasteiger partial charge is 0.115 e. The average molecular weight is 235 g/mol. The topological polar surface area (TPSA) is 43.7 Å². The summed E-state index contributed by atoms with van der Waals surface area (Å²) in [6.07, 6.45) is 1.75. The van der Waals surface area contributed by atoms with Crippen LogP contribution in [-0.4, -0.2) is 34.3 Å². The summed E-state index contributed by atoms with van der Waals surface area (Å²) >= 11 is 0. The molecule has 0 aromatic heterocycles. The van der Waals surface area contributed by atoms with Gasteiger partial charge in [-0.2, -0.15) is 0 Å². The third kappa shape index (κ3) is 3.20. The van der Waals surface area contributed by atoms with Gasteiger partial charge in [0.15, 0.2) is 0 Å². The molecule has 1 aliphatic rings. The van der Waals surface area contributed by atoms with Crippen molar-refractivity contribution < 1.29 is 10.2 Å². The van der Waals surface area contributed by atoms with Gasteiger partial charge in [-0.15, -0.1) is 0 Å². The van der Waals surface area contributed by atoms with Gasteiger partial charge in [-0.05, 0) is 36.5 Å². The van der Waals surface area contributed by atoms with E-state index in [0.717, 1.165) is 38.0 Å². The Morgan fingerprint density at radius 3 is 2.94 bits per heavy atom. The normalized spacial score (nSPS) is 26.0. The van der Waals surface area contributed by atoms with E-state index in [9.17, 15) is 10.2 Å². The molecular formula is C14H21NO2. The predicted octanol–water partition coefficient (Wildman–Crippen LogP) is 1.98. The summed E-state index contributed by atoms with van der Waals surface area (Å²) in [5.41, 5.74) is 1.14. The number of phenols is 1. The number of aromatic hydroxyl groups is 1. The summed E-state index contributed by atoms with van der Waals surface area (Å²) in [4.78, 5) is 2.36. The minimum atomic E-state index is -0.138. The predicted molar refractivity (Wildman–Crippen MR) is 67.8 cm³/mol. The van der Waals surface area contributed by atoms with Crippen LogP contribution in [-0.2, 0) is 6.54 Å². The molecule has 2 unspecified atom stereocenters. The quantitative estimate of drug-likeness (QED) is 0.842. The van der Waals surface area contributed by atoms with E-state index in [4.69, 9.17) is 0 Å². The Balaban J connectivity index is 1.95. The Kier molecular flexibility index (Phi) is 4.02. The first-order valence-electron chi connectivity index (χ1n) is 6.37. The molecule has 1 heterocycles. The summed E-state index contributed by atoms with van der Waals surface area (Å²) in [7, 11) is 0. The monoisotopic (exact) mass is 235 g/mol. The van der Waals surface area contributed by atoms with E-state index in [1.165, 1.54) is 0 Å². The molecule has 0 bridgehead atoms. The van der Waals surface area contributed by atoms with Crippen molar-refractivity contribution in [3.63, 3.8) is 0 Å². The maximum Gasteiger partial charge on any atom is 0.115 e. The van der Waals surface area contributed by atoms with E-state index in [1.807, 2.05) is 18.2 Å². The largest absolute Gasteiger partial charge is 0.508 e. The van der Waals surface area contributed by atoms with Crippen molar-refractivity contribution in [2.45, 2.75) is 32.4 Å². The van der Waals surface area contributed by atoms with Gasteiger partial charge in [0.05, 0.1) is 6.10 Å². The van der Waals surface area contributed by atoms with E-state index in [0.29, 0.717) is 11.7 Å². The van der Waals surface area contributed by atoms with Gasteiger partial charge in [-0.1, -0.05) is 19.1 Å². The Labute approximate surface area is 103 Å². The van der Waals surface area contributed by atoms with E-state index >= 15 is 0 Å². The molecule has 17 heavy (non-hydrogen) atoms. The highest BCUT2D eigenvalue weighted by molar-refractivity contribution is 5.27. The molecule has 1 fully saturated rings. The van der Waals surface area contributed by atoms with Crippen LogP contribution in [0.3, 0.4) is 0 Å². The first-order valence-corrected chi connectivity index (χ1v) is 6.37. The molecule has 0 aliphatic carbocycles. The maximum atomic E-state index is 9.83. The molecule has 1 saturated heterocycles. The molecule has 94 valence electrons. The lowest BCUT2D eigenvalue weighted by molar-refractivity contribution is 0.0222. The Hall–Kier alpha value is -1.06. The Morgan fingerprint density at radius 2 is 2.24 bits per heavy atom. The maximum absolute atomic E-state index is 9.83. The minimum Gasteiger partial charge on any atom is -0.508 e. The van der Waals surface area contributed by atoms with Crippen LogP contribution in [0.4, 0.5) is 0 Å². The van der Waals surface area contributed by atoms with Crippen molar-refractivity contribution in [2.24, 2.45) is 5.92 Å². The fourth-order valence-corrected chi connectivity index (χ4v) is 2.55. The summed E-state index contributed by atoms with van der Waals surface area (Å²) in [5, 5.41) is 19.3. The van der Waals surface area contributed by atoms with E-state index in [1.54, 1.807) is 6.07 Å². The Bertz CT molecular complexity index is 367. The van der Waals surface area contributed by atoms with Gasteiger partial charge < -0.3 is 10.2 Å². The van der Waals surface area contributed by atoms with Crippen molar-refractivity contribution in [1.82, 2.24) is 4.90 Å². The molecule has 0 amide bonds. The lowest BCUT2D eigenvalue weighted by Gasteiger charge is -2.35. The van der Waals surface area contributed by atoms with Gasteiger partial charge in [0.1, 0.15) is 5.75 Å². The van der Waals surface area contributed by atoms with Crippen LogP contribution in [0, 0.1) is 5.92 Å². The molecule has 3 heteroatoms. The van der Waals surface area contributed by atoms with Gasteiger partial charge in [0, 0.05) is 19.6 Å². The number of likely N-dealkylation sites (tertiary alicyclic amines) is 1. The van der Waals surface area contributed by atoms with Gasteiger partial charge >= 0.3 is 0 Å². The highest BCUT2D eigenvalue weighted by Gasteiger charge is 2.26. The molecule has 1 aromatic rings. The highest BCUT2D eigenvalue weighted by atomic mass is 16.3. The van der Waals surface area contributed by atoms with E-state index < -0.39 is 0 Å².